The molecule has 1 aromatic heterocycles. The molecule has 1 heterocycles. The lowest BCUT2D eigenvalue weighted by Gasteiger charge is -2.12. The zero-order chi connectivity index (χ0) is 23.4. The van der Waals surface area contributed by atoms with Gasteiger partial charge in [-0.25, -0.2) is 9.59 Å². The maximum absolute atomic E-state index is 12.4. The largest absolute Gasteiger partial charge is 0.461 e. The summed E-state index contributed by atoms with van der Waals surface area (Å²) in [6, 6.07) is 19.1. The molecule has 168 valence electrons. The van der Waals surface area contributed by atoms with Crippen molar-refractivity contribution in [2.75, 3.05) is 6.61 Å². The van der Waals surface area contributed by atoms with Gasteiger partial charge in [0.05, 0.1) is 22.2 Å². The van der Waals surface area contributed by atoms with Gasteiger partial charge in [0, 0.05) is 10.9 Å². The molecule has 3 aromatic carbocycles. The minimum absolute atomic E-state index is 0.137. The van der Waals surface area contributed by atoms with Crippen LogP contribution in [0.1, 0.15) is 33.3 Å². The molecule has 4 aromatic rings. The molecule has 0 spiro atoms. The number of aromatic nitrogens is 1. The highest BCUT2D eigenvalue weighted by Crippen LogP contribution is 2.38. The minimum Gasteiger partial charge on any atom is -0.461 e. The van der Waals surface area contributed by atoms with Crippen LogP contribution in [0.2, 0.25) is 10.0 Å². The van der Waals surface area contributed by atoms with Crippen molar-refractivity contribution in [2.45, 2.75) is 13.5 Å². The van der Waals surface area contributed by atoms with Crippen LogP contribution >= 0.6 is 23.2 Å². The molecule has 0 radical (unpaired) electrons. The summed E-state index contributed by atoms with van der Waals surface area (Å²) in [4.78, 5) is 27.4. The Morgan fingerprint density at radius 1 is 0.879 bits per heavy atom. The summed E-state index contributed by atoms with van der Waals surface area (Å²) in [5.74, 6) is -0.315. The van der Waals surface area contributed by atoms with Gasteiger partial charge >= 0.3 is 11.9 Å². The Bertz CT molecular complexity index is 1290. The molecule has 33 heavy (non-hydrogen) atoms. The van der Waals surface area contributed by atoms with Crippen molar-refractivity contribution >= 4 is 46.0 Å². The molecule has 0 aliphatic heterocycles. The zero-order valence-electron chi connectivity index (χ0n) is 17.6. The molecule has 0 fully saturated rings. The topological polar surface area (TPSA) is 77.6 Å². The Kier molecular flexibility index (Phi) is 6.87. The summed E-state index contributed by atoms with van der Waals surface area (Å²) >= 11 is 12.7. The Morgan fingerprint density at radius 2 is 1.61 bits per heavy atom. The SMILES string of the molecule is CCOC(=O)c1cc2cc(Oc3c(Cl)cc(C(=O)OCc4ccccc4)cc3Cl)ccc2[nH]1. The van der Waals surface area contributed by atoms with Crippen LogP contribution in [0.3, 0.4) is 0 Å². The van der Waals surface area contributed by atoms with Crippen LogP contribution < -0.4 is 4.74 Å². The molecular weight excluding hydrogens is 465 g/mol. The summed E-state index contributed by atoms with van der Waals surface area (Å²) in [6.45, 7) is 2.17. The molecule has 0 saturated heterocycles. The highest BCUT2D eigenvalue weighted by atomic mass is 35.5. The number of hydrogen-bond donors (Lipinski definition) is 1. The smallest absolute Gasteiger partial charge is 0.354 e. The van der Waals surface area contributed by atoms with E-state index in [1.165, 1.54) is 12.1 Å². The van der Waals surface area contributed by atoms with Gasteiger partial charge in [-0.1, -0.05) is 53.5 Å². The molecular formula is C25H19Cl2NO5. The Labute approximate surface area is 200 Å². The molecule has 0 amide bonds. The first-order chi connectivity index (χ1) is 15.9. The van der Waals surface area contributed by atoms with Gasteiger partial charge < -0.3 is 19.2 Å². The van der Waals surface area contributed by atoms with Crippen LogP contribution in [0.15, 0.2) is 66.7 Å². The first kappa shape index (κ1) is 22.7. The van der Waals surface area contributed by atoms with E-state index in [-0.39, 0.29) is 34.6 Å². The molecule has 0 saturated carbocycles. The van der Waals surface area contributed by atoms with E-state index in [1.807, 2.05) is 30.3 Å². The van der Waals surface area contributed by atoms with E-state index in [0.717, 1.165) is 16.5 Å². The summed E-state index contributed by atoms with van der Waals surface area (Å²) in [7, 11) is 0. The Balaban J connectivity index is 1.50. The number of H-pyrrole nitrogens is 1. The molecule has 1 N–H and O–H groups in total. The average molecular weight is 484 g/mol. The number of halogens is 2. The zero-order valence-corrected chi connectivity index (χ0v) is 19.1. The summed E-state index contributed by atoms with van der Waals surface area (Å²) in [6.07, 6.45) is 0. The molecule has 0 unspecified atom stereocenters. The van der Waals surface area contributed by atoms with Gasteiger partial charge in [-0.2, -0.15) is 0 Å². The van der Waals surface area contributed by atoms with Crippen molar-refractivity contribution in [1.82, 2.24) is 4.98 Å². The number of carbonyl (C=O) groups excluding carboxylic acids is 2. The number of rotatable bonds is 7. The second kappa shape index (κ2) is 9.98. The van der Waals surface area contributed by atoms with E-state index in [9.17, 15) is 9.59 Å². The second-order valence-electron chi connectivity index (χ2n) is 7.09. The van der Waals surface area contributed by atoms with Crippen molar-refractivity contribution in [3.8, 4) is 11.5 Å². The third kappa shape index (κ3) is 5.30. The van der Waals surface area contributed by atoms with E-state index < -0.39 is 11.9 Å². The first-order valence-corrected chi connectivity index (χ1v) is 10.9. The van der Waals surface area contributed by atoms with Crippen molar-refractivity contribution < 1.29 is 23.8 Å². The number of esters is 2. The quantitative estimate of drug-likeness (QED) is 0.292. The van der Waals surface area contributed by atoms with Crippen molar-refractivity contribution in [3.05, 3.63) is 93.6 Å². The van der Waals surface area contributed by atoms with Gasteiger partial charge in [-0.3, -0.25) is 0 Å². The van der Waals surface area contributed by atoms with Gasteiger partial charge in [-0.15, -0.1) is 0 Å². The molecule has 0 bridgehead atoms. The maximum atomic E-state index is 12.4. The van der Waals surface area contributed by atoms with Gasteiger partial charge in [0.15, 0.2) is 5.75 Å². The number of benzene rings is 3. The van der Waals surface area contributed by atoms with Gasteiger partial charge in [0.1, 0.15) is 18.1 Å². The predicted molar refractivity (Wildman–Crippen MR) is 126 cm³/mol. The Hall–Kier alpha value is -3.48. The van der Waals surface area contributed by atoms with Crippen LogP contribution in [0.25, 0.3) is 10.9 Å². The van der Waals surface area contributed by atoms with Gasteiger partial charge in [0.2, 0.25) is 0 Å². The number of ether oxygens (including phenoxy) is 3. The highest BCUT2D eigenvalue weighted by Gasteiger charge is 2.17. The third-order valence-corrected chi connectivity index (χ3v) is 5.32. The van der Waals surface area contributed by atoms with Crippen LogP contribution in [-0.4, -0.2) is 23.5 Å². The molecule has 6 nitrogen and oxygen atoms in total. The maximum Gasteiger partial charge on any atom is 0.354 e. The lowest BCUT2D eigenvalue weighted by molar-refractivity contribution is 0.0471. The van der Waals surface area contributed by atoms with E-state index in [0.29, 0.717) is 11.4 Å². The summed E-state index contributed by atoms with van der Waals surface area (Å²) in [5, 5.41) is 1.08. The first-order valence-electron chi connectivity index (χ1n) is 10.1. The minimum atomic E-state index is -0.547. The summed E-state index contributed by atoms with van der Waals surface area (Å²) < 4.78 is 16.2. The fourth-order valence-electron chi connectivity index (χ4n) is 3.19. The standard InChI is InChI=1S/C25H19Cl2NO5/c1-2-31-25(30)22-13-16-10-18(8-9-21(16)28-22)33-23-19(26)11-17(12-20(23)27)24(29)32-14-15-6-4-3-5-7-15/h3-13,28H,2,14H2,1H3. The lowest BCUT2D eigenvalue weighted by atomic mass is 10.2. The van der Waals surface area contributed by atoms with Crippen LogP contribution in [-0.2, 0) is 16.1 Å². The average Bonchev–Trinajstić information content (AvgIpc) is 3.24. The highest BCUT2D eigenvalue weighted by molar-refractivity contribution is 6.37. The van der Waals surface area contributed by atoms with Crippen molar-refractivity contribution in [3.63, 3.8) is 0 Å². The molecule has 0 aliphatic rings. The van der Waals surface area contributed by atoms with Crippen LogP contribution in [0, 0.1) is 0 Å². The second-order valence-corrected chi connectivity index (χ2v) is 7.90. The van der Waals surface area contributed by atoms with E-state index in [2.05, 4.69) is 4.98 Å². The number of hydrogen-bond acceptors (Lipinski definition) is 5. The van der Waals surface area contributed by atoms with Crippen LogP contribution in [0.5, 0.6) is 11.5 Å². The number of fused-ring (bicyclic) bond motifs is 1. The normalized spacial score (nSPS) is 10.8. The Morgan fingerprint density at radius 3 is 2.30 bits per heavy atom. The van der Waals surface area contributed by atoms with Crippen LogP contribution in [0.4, 0.5) is 0 Å². The number of nitrogens with one attached hydrogen (secondary N) is 1. The molecule has 8 heteroatoms. The fourth-order valence-corrected chi connectivity index (χ4v) is 3.76. The van der Waals surface area contributed by atoms with Crippen molar-refractivity contribution in [1.29, 1.82) is 0 Å². The van der Waals surface area contributed by atoms with Crippen molar-refractivity contribution in [2.24, 2.45) is 0 Å². The molecule has 4 rings (SSSR count). The van der Waals surface area contributed by atoms with E-state index >= 15 is 0 Å². The molecule has 0 atom stereocenters. The number of aromatic amines is 1. The summed E-state index contributed by atoms with van der Waals surface area (Å²) in [5.41, 5.74) is 2.18. The monoisotopic (exact) mass is 483 g/mol. The fraction of sp³-hybridized carbons (Fsp3) is 0.120. The van der Waals surface area contributed by atoms with Gasteiger partial charge in [-0.05, 0) is 48.9 Å². The van der Waals surface area contributed by atoms with E-state index in [1.54, 1.807) is 31.2 Å². The van der Waals surface area contributed by atoms with Gasteiger partial charge in [0.25, 0.3) is 0 Å². The third-order valence-electron chi connectivity index (χ3n) is 4.75. The van der Waals surface area contributed by atoms with E-state index in [4.69, 9.17) is 37.4 Å². The predicted octanol–water partition coefficient (Wildman–Crippen LogP) is 6.80. The molecule has 0 aliphatic carbocycles. The number of carbonyl (C=O) groups is 2. The lowest BCUT2D eigenvalue weighted by Crippen LogP contribution is -2.05.